The summed E-state index contributed by atoms with van der Waals surface area (Å²) in [6.07, 6.45) is 3.62. The summed E-state index contributed by atoms with van der Waals surface area (Å²) in [5, 5.41) is 3.39. The zero-order valence-electron chi connectivity index (χ0n) is 10.8. The first-order chi connectivity index (χ1) is 7.70. The third-order valence-corrected chi connectivity index (χ3v) is 3.27. The number of carbonyl (C=O) groups excluding carboxylic acids is 1. The fraction of sp³-hybridized carbons (Fsp3) is 0.917. The summed E-state index contributed by atoms with van der Waals surface area (Å²) in [4.78, 5) is 11.0. The Bertz CT molecular complexity index is 176. The summed E-state index contributed by atoms with van der Waals surface area (Å²) >= 11 is 1.67. The highest BCUT2D eigenvalue weighted by atomic mass is 32.2. The molecule has 0 aliphatic heterocycles. The van der Waals surface area contributed by atoms with Gasteiger partial charge in [-0.2, -0.15) is 11.8 Å². The van der Waals surface area contributed by atoms with Crippen molar-refractivity contribution in [2.45, 2.75) is 46.1 Å². The van der Waals surface area contributed by atoms with E-state index in [0.29, 0.717) is 18.4 Å². The lowest BCUT2D eigenvalue weighted by molar-refractivity contribution is -0.139. The average molecular weight is 247 g/mol. The number of rotatable bonds is 10. The number of thioether (sulfide) groups is 1. The van der Waals surface area contributed by atoms with Crippen LogP contribution in [0.2, 0.25) is 0 Å². The second kappa shape index (κ2) is 11.3. The average Bonchev–Trinajstić information content (AvgIpc) is 2.24. The van der Waals surface area contributed by atoms with E-state index in [9.17, 15) is 4.79 Å². The van der Waals surface area contributed by atoms with Crippen molar-refractivity contribution < 1.29 is 9.53 Å². The molecule has 1 unspecified atom stereocenters. The van der Waals surface area contributed by atoms with E-state index < -0.39 is 0 Å². The minimum atomic E-state index is -0.0893. The molecule has 96 valence electrons. The number of carbonyl (C=O) groups is 1. The molecule has 0 aromatic heterocycles. The second-order valence-electron chi connectivity index (χ2n) is 3.81. The number of unbranched alkanes of at least 4 members (excludes halogenated alkanes) is 1. The number of nitrogens with one attached hydrogen (secondary N) is 1. The van der Waals surface area contributed by atoms with Gasteiger partial charge in [-0.1, -0.05) is 13.3 Å². The Morgan fingerprint density at radius 1 is 1.38 bits per heavy atom. The van der Waals surface area contributed by atoms with Gasteiger partial charge in [-0.25, -0.2) is 0 Å². The first-order valence-corrected chi connectivity index (χ1v) is 7.32. The highest BCUT2D eigenvalue weighted by molar-refractivity contribution is 7.99. The van der Waals surface area contributed by atoms with E-state index in [0.717, 1.165) is 12.3 Å². The van der Waals surface area contributed by atoms with Crippen molar-refractivity contribution in [3.05, 3.63) is 0 Å². The van der Waals surface area contributed by atoms with Crippen molar-refractivity contribution in [1.82, 2.24) is 5.32 Å². The molecule has 0 aliphatic rings. The fourth-order valence-electron chi connectivity index (χ4n) is 1.46. The number of esters is 1. The largest absolute Gasteiger partial charge is 0.465 e. The first-order valence-electron chi connectivity index (χ1n) is 6.17. The molecule has 0 heterocycles. The minimum absolute atomic E-state index is 0.0893. The van der Waals surface area contributed by atoms with E-state index in [4.69, 9.17) is 4.74 Å². The van der Waals surface area contributed by atoms with Crippen LogP contribution >= 0.6 is 11.8 Å². The molecule has 3 nitrogen and oxygen atoms in total. The third-order valence-electron chi connectivity index (χ3n) is 2.25. The van der Waals surface area contributed by atoms with E-state index >= 15 is 0 Å². The van der Waals surface area contributed by atoms with E-state index in [2.05, 4.69) is 19.2 Å². The summed E-state index contributed by atoms with van der Waals surface area (Å²) in [6.45, 7) is 7.71. The Balaban J connectivity index is 3.18. The van der Waals surface area contributed by atoms with E-state index in [1.165, 1.54) is 19.3 Å². The lowest BCUT2D eigenvalue weighted by atomic mass is 10.1. The van der Waals surface area contributed by atoms with E-state index in [-0.39, 0.29) is 5.97 Å². The zero-order valence-corrected chi connectivity index (χ0v) is 11.6. The summed E-state index contributed by atoms with van der Waals surface area (Å²) in [5.74, 6) is 1.46. The Morgan fingerprint density at radius 2 is 2.12 bits per heavy atom. The van der Waals surface area contributed by atoms with Crippen molar-refractivity contribution in [3.8, 4) is 0 Å². The van der Waals surface area contributed by atoms with Gasteiger partial charge in [0.05, 0.1) is 12.4 Å². The van der Waals surface area contributed by atoms with Gasteiger partial charge in [0.15, 0.2) is 0 Å². The molecule has 0 saturated carbocycles. The topological polar surface area (TPSA) is 38.3 Å². The van der Waals surface area contributed by atoms with E-state index in [1.54, 1.807) is 11.8 Å². The summed E-state index contributed by atoms with van der Waals surface area (Å²) in [7, 11) is 0. The highest BCUT2D eigenvalue weighted by Crippen LogP contribution is 2.08. The standard InChI is InChI=1S/C12H25NO2S/c1-4-13-11(3)8-6-7-9-16-10-12(14)15-5-2/h11,13H,4-10H2,1-3H3. The van der Waals surface area contributed by atoms with Crippen molar-refractivity contribution in [3.63, 3.8) is 0 Å². The molecule has 0 spiro atoms. The van der Waals surface area contributed by atoms with Crippen LogP contribution in [0.5, 0.6) is 0 Å². The Hall–Kier alpha value is -0.220. The van der Waals surface area contributed by atoms with Crippen LogP contribution in [0.1, 0.15) is 40.0 Å². The molecule has 0 radical (unpaired) electrons. The monoisotopic (exact) mass is 247 g/mol. The van der Waals surface area contributed by atoms with Gasteiger partial charge >= 0.3 is 5.97 Å². The molecule has 4 heteroatoms. The molecule has 0 aromatic carbocycles. The summed E-state index contributed by atoms with van der Waals surface area (Å²) < 4.78 is 4.85. The van der Waals surface area contributed by atoms with Gasteiger partial charge in [0.2, 0.25) is 0 Å². The van der Waals surface area contributed by atoms with Crippen LogP contribution in [0.15, 0.2) is 0 Å². The van der Waals surface area contributed by atoms with Crippen LogP contribution in [0, 0.1) is 0 Å². The second-order valence-corrected chi connectivity index (χ2v) is 4.92. The van der Waals surface area contributed by atoms with E-state index in [1.807, 2.05) is 6.92 Å². The van der Waals surface area contributed by atoms with Gasteiger partial charge in [0, 0.05) is 6.04 Å². The summed E-state index contributed by atoms with van der Waals surface area (Å²) in [5.41, 5.74) is 0. The van der Waals surface area contributed by atoms with Crippen LogP contribution in [0.3, 0.4) is 0 Å². The maximum absolute atomic E-state index is 11.0. The molecular formula is C12H25NO2S. The maximum atomic E-state index is 11.0. The first kappa shape index (κ1) is 15.8. The molecule has 1 N–H and O–H groups in total. The molecule has 0 bridgehead atoms. The minimum Gasteiger partial charge on any atom is -0.465 e. The Labute approximate surface area is 104 Å². The number of hydrogen-bond acceptors (Lipinski definition) is 4. The quantitative estimate of drug-likeness (QED) is 0.475. The Kier molecular flexibility index (Phi) is 11.1. The van der Waals surface area contributed by atoms with Crippen LogP contribution < -0.4 is 5.32 Å². The van der Waals surface area contributed by atoms with Crippen LogP contribution in [0.25, 0.3) is 0 Å². The fourth-order valence-corrected chi connectivity index (χ4v) is 2.27. The van der Waals surface area contributed by atoms with Gasteiger partial charge in [-0.15, -0.1) is 0 Å². The van der Waals surface area contributed by atoms with Crippen molar-refractivity contribution in [2.75, 3.05) is 24.7 Å². The van der Waals surface area contributed by atoms with Gasteiger partial charge in [0.1, 0.15) is 0 Å². The summed E-state index contributed by atoms with van der Waals surface area (Å²) in [6, 6.07) is 0.611. The normalized spacial score (nSPS) is 12.4. The highest BCUT2D eigenvalue weighted by Gasteiger charge is 2.02. The Morgan fingerprint density at radius 3 is 2.75 bits per heavy atom. The molecule has 0 saturated heterocycles. The maximum Gasteiger partial charge on any atom is 0.315 e. The van der Waals surface area contributed by atoms with Crippen molar-refractivity contribution in [2.24, 2.45) is 0 Å². The predicted octanol–water partition coefficient (Wildman–Crippen LogP) is 2.45. The van der Waals surface area contributed by atoms with Gasteiger partial charge in [-0.3, -0.25) is 4.79 Å². The molecule has 0 aliphatic carbocycles. The predicted molar refractivity (Wildman–Crippen MR) is 70.9 cm³/mol. The van der Waals surface area contributed by atoms with Crippen LogP contribution in [-0.2, 0) is 9.53 Å². The van der Waals surface area contributed by atoms with Crippen LogP contribution in [-0.4, -0.2) is 36.7 Å². The number of hydrogen-bond donors (Lipinski definition) is 1. The van der Waals surface area contributed by atoms with Gasteiger partial charge in [-0.05, 0) is 39.0 Å². The molecular weight excluding hydrogens is 222 g/mol. The molecule has 0 rings (SSSR count). The molecule has 0 aromatic rings. The zero-order chi connectivity index (χ0) is 12.2. The van der Waals surface area contributed by atoms with Gasteiger partial charge in [0.25, 0.3) is 0 Å². The smallest absolute Gasteiger partial charge is 0.315 e. The van der Waals surface area contributed by atoms with Crippen molar-refractivity contribution >= 4 is 17.7 Å². The molecule has 1 atom stereocenters. The molecule has 0 amide bonds. The SMILES string of the molecule is CCNC(C)CCCCSCC(=O)OCC. The van der Waals surface area contributed by atoms with Gasteiger partial charge < -0.3 is 10.1 Å². The lowest BCUT2D eigenvalue weighted by Crippen LogP contribution is -2.25. The third kappa shape index (κ3) is 10.3. The molecule has 0 fully saturated rings. The molecule has 16 heavy (non-hydrogen) atoms. The number of ether oxygens (including phenoxy) is 1. The van der Waals surface area contributed by atoms with Crippen LogP contribution in [0.4, 0.5) is 0 Å². The lowest BCUT2D eigenvalue weighted by Gasteiger charge is -2.11. The van der Waals surface area contributed by atoms with Crippen molar-refractivity contribution in [1.29, 1.82) is 0 Å².